The third kappa shape index (κ3) is 4.71. The number of Topliss-reactive ketones (excluding diaryl/α,β-unsaturated/α-hetero) is 1. The van der Waals surface area contributed by atoms with Crippen molar-refractivity contribution in [3.05, 3.63) is 65.9 Å². The Morgan fingerprint density at radius 3 is 2.17 bits per heavy atom. The number of aryl methyl sites for hydroxylation is 1. The Balaban J connectivity index is 1.47. The molecule has 148 valence electrons. The lowest BCUT2D eigenvalue weighted by Gasteiger charge is -2.18. The molecule has 2 heterocycles. The molecule has 6 heteroatoms. The van der Waals surface area contributed by atoms with E-state index in [-0.39, 0.29) is 5.78 Å². The van der Waals surface area contributed by atoms with Crippen LogP contribution in [0.3, 0.4) is 0 Å². The molecule has 0 aliphatic carbocycles. The number of hydrogen-bond acceptors (Lipinski definition) is 6. The second-order valence-corrected chi connectivity index (χ2v) is 7.34. The van der Waals surface area contributed by atoms with E-state index in [1.807, 2.05) is 25.1 Å². The van der Waals surface area contributed by atoms with Crippen molar-refractivity contribution in [3.63, 3.8) is 0 Å². The van der Waals surface area contributed by atoms with Gasteiger partial charge in [-0.1, -0.05) is 0 Å². The van der Waals surface area contributed by atoms with E-state index in [9.17, 15) is 4.79 Å². The Bertz CT molecular complexity index is 993. The van der Waals surface area contributed by atoms with Crippen LogP contribution in [-0.4, -0.2) is 28.8 Å². The van der Waals surface area contributed by atoms with Gasteiger partial charge in [0.25, 0.3) is 0 Å². The van der Waals surface area contributed by atoms with Crippen LogP contribution < -0.4 is 15.5 Å². The average molecular weight is 387 g/mol. The van der Waals surface area contributed by atoms with Gasteiger partial charge in [-0.05, 0) is 75.2 Å². The summed E-state index contributed by atoms with van der Waals surface area (Å²) in [6.07, 6.45) is 2.54. The van der Waals surface area contributed by atoms with E-state index in [1.54, 1.807) is 19.1 Å². The highest BCUT2D eigenvalue weighted by molar-refractivity contribution is 5.94. The minimum Gasteiger partial charge on any atom is -0.372 e. The highest BCUT2D eigenvalue weighted by Crippen LogP contribution is 2.24. The van der Waals surface area contributed by atoms with Gasteiger partial charge in [0.2, 0.25) is 5.95 Å². The third-order valence-electron chi connectivity index (χ3n) is 5.01. The average Bonchev–Trinajstić information content (AvgIpc) is 3.23. The van der Waals surface area contributed by atoms with Crippen LogP contribution in [0.2, 0.25) is 0 Å². The Morgan fingerprint density at radius 1 is 0.897 bits per heavy atom. The van der Waals surface area contributed by atoms with Crippen molar-refractivity contribution in [2.45, 2.75) is 26.7 Å². The van der Waals surface area contributed by atoms with Crippen LogP contribution in [0, 0.1) is 6.92 Å². The first-order chi connectivity index (χ1) is 14.1. The molecule has 1 fully saturated rings. The van der Waals surface area contributed by atoms with E-state index in [2.05, 4.69) is 49.8 Å². The molecule has 4 rings (SSSR count). The molecule has 2 aromatic carbocycles. The van der Waals surface area contributed by atoms with Crippen molar-refractivity contribution in [3.8, 4) is 0 Å². The number of carbonyl (C=O) groups is 1. The van der Waals surface area contributed by atoms with E-state index in [0.717, 1.165) is 36.0 Å². The van der Waals surface area contributed by atoms with Crippen molar-refractivity contribution in [2.24, 2.45) is 0 Å². The Labute approximate surface area is 171 Å². The number of anilines is 5. The van der Waals surface area contributed by atoms with E-state index in [1.165, 1.54) is 18.5 Å². The van der Waals surface area contributed by atoms with Crippen molar-refractivity contribution in [1.82, 2.24) is 9.97 Å². The first kappa shape index (κ1) is 18.9. The quantitative estimate of drug-likeness (QED) is 0.575. The molecule has 0 radical (unpaired) electrons. The Morgan fingerprint density at radius 2 is 1.52 bits per heavy atom. The molecule has 0 spiro atoms. The van der Waals surface area contributed by atoms with Crippen LogP contribution in [0.25, 0.3) is 0 Å². The van der Waals surface area contributed by atoms with Crippen molar-refractivity contribution in [2.75, 3.05) is 28.6 Å². The number of rotatable bonds is 6. The molecule has 1 aromatic heterocycles. The molecule has 29 heavy (non-hydrogen) atoms. The summed E-state index contributed by atoms with van der Waals surface area (Å²) in [4.78, 5) is 22.9. The summed E-state index contributed by atoms with van der Waals surface area (Å²) >= 11 is 0. The SMILES string of the molecule is CC(=O)c1ccc(Nc2nc(C)cc(Nc3ccc(N4CCCC4)cc3)n2)cc1. The molecule has 0 atom stereocenters. The van der Waals surface area contributed by atoms with Gasteiger partial charge in [-0.25, -0.2) is 4.98 Å². The fourth-order valence-corrected chi connectivity index (χ4v) is 3.48. The molecule has 0 unspecified atom stereocenters. The maximum Gasteiger partial charge on any atom is 0.229 e. The molecule has 1 aliphatic heterocycles. The number of hydrogen-bond donors (Lipinski definition) is 2. The van der Waals surface area contributed by atoms with Gasteiger partial charge in [0, 0.05) is 47.5 Å². The van der Waals surface area contributed by atoms with E-state index in [4.69, 9.17) is 0 Å². The molecule has 2 N–H and O–H groups in total. The number of nitrogens with one attached hydrogen (secondary N) is 2. The maximum atomic E-state index is 11.4. The normalized spacial score (nSPS) is 13.4. The molecule has 0 amide bonds. The van der Waals surface area contributed by atoms with E-state index in [0.29, 0.717) is 11.5 Å². The molecule has 0 bridgehead atoms. The highest BCUT2D eigenvalue weighted by Gasteiger charge is 2.12. The van der Waals surface area contributed by atoms with Gasteiger partial charge in [-0.2, -0.15) is 4.98 Å². The third-order valence-corrected chi connectivity index (χ3v) is 5.01. The lowest BCUT2D eigenvalue weighted by molar-refractivity contribution is 0.101. The first-order valence-corrected chi connectivity index (χ1v) is 9.92. The molecular formula is C23H25N5O. The zero-order chi connectivity index (χ0) is 20.2. The molecule has 3 aromatic rings. The lowest BCUT2D eigenvalue weighted by Crippen LogP contribution is -2.17. The van der Waals surface area contributed by atoms with Crippen molar-refractivity contribution >= 4 is 34.6 Å². The predicted molar refractivity (Wildman–Crippen MR) is 118 cm³/mol. The minimum absolute atomic E-state index is 0.0468. The fourth-order valence-electron chi connectivity index (χ4n) is 3.48. The summed E-state index contributed by atoms with van der Waals surface area (Å²) in [6, 6.07) is 17.7. The lowest BCUT2D eigenvalue weighted by atomic mass is 10.1. The molecule has 1 saturated heterocycles. The van der Waals surface area contributed by atoms with Crippen molar-refractivity contribution in [1.29, 1.82) is 0 Å². The minimum atomic E-state index is 0.0468. The van der Waals surface area contributed by atoms with Crippen LogP contribution in [-0.2, 0) is 0 Å². The number of ketones is 1. The van der Waals surface area contributed by atoms with Crippen molar-refractivity contribution < 1.29 is 4.79 Å². The van der Waals surface area contributed by atoms with Crippen LogP contribution in [0.4, 0.5) is 28.8 Å². The highest BCUT2D eigenvalue weighted by atomic mass is 16.1. The summed E-state index contributed by atoms with van der Waals surface area (Å²) in [5.41, 5.74) is 4.63. The topological polar surface area (TPSA) is 70.2 Å². The van der Waals surface area contributed by atoms with E-state index < -0.39 is 0 Å². The smallest absolute Gasteiger partial charge is 0.229 e. The number of aromatic nitrogens is 2. The zero-order valence-electron chi connectivity index (χ0n) is 16.8. The van der Waals surface area contributed by atoms with Crippen LogP contribution in [0.15, 0.2) is 54.6 Å². The van der Waals surface area contributed by atoms with Crippen LogP contribution in [0.1, 0.15) is 35.8 Å². The Hall–Kier alpha value is -3.41. The predicted octanol–water partition coefficient (Wildman–Crippen LogP) is 5.08. The van der Waals surface area contributed by atoms with Gasteiger partial charge in [-0.3, -0.25) is 4.79 Å². The largest absolute Gasteiger partial charge is 0.372 e. The second-order valence-electron chi connectivity index (χ2n) is 7.34. The van der Waals surface area contributed by atoms with Crippen LogP contribution in [0.5, 0.6) is 0 Å². The van der Waals surface area contributed by atoms with Gasteiger partial charge in [-0.15, -0.1) is 0 Å². The summed E-state index contributed by atoms with van der Waals surface area (Å²) in [7, 11) is 0. The first-order valence-electron chi connectivity index (χ1n) is 9.92. The summed E-state index contributed by atoms with van der Waals surface area (Å²) in [5, 5.41) is 6.56. The number of benzene rings is 2. The van der Waals surface area contributed by atoms with Crippen LogP contribution >= 0.6 is 0 Å². The number of carbonyl (C=O) groups excluding carboxylic acids is 1. The molecular weight excluding hydrogens is 362 g/mol. The fraction of sp³-hybridized carbons (Fsp3) is 0.261. The Kier molecular flexibility index (Phi) is 5.42. The van der Waals surface area contributed by atoms with Gasteiger partial charge >= 0.3 is 0 Å². The summed E-state index contributed by atoms with van der Waals surface area (Å²) in [6.45, 7) is 5.77. The second kappa shape index (κ2) is 8.31. The maximum absolute atomic E-state index is 11.4. The van der Waals surface area contributed by atoms with Gasteiger partial charge in [0.15, 0.2) is 5.78 Å². The zero-order valence-corrected chi connectivity index (χ0v) is 16.8. The molecule has 1 aliphatic rings. The monoisotopic (exact) mass is 387 g/mol. The van der Waals surface area contributed by atoms with Gasteiger partial charge in [0.1, 0.15) is 5.82 Å². The van der Waals surface area contributed by atoms with Gasteiger partial charge in [0.05, 0.1) is 0 Å². The molecule has 0 saturated carbocycles. The summed E-state index contributed by atoms with van der Waals surface area (Å²) < 4.78 is 0. The number of nitrogens with zero attached hydrogens (tertiary/aromatic N) is 3. The standard InChI is InChI=1S/C23H25N5O/c1-16-15-22(25-19-9-11-21(12-10-19)28-13-3-4-14-28)27-23(24-16)26-20-7-5-18(6-8-20)17(2)29/h5-12,15H,3-4,13-14H2,1-2H3,(H2,24,25,26,27). The van der Waals surface area contributed by atoms with Gasteiger partial charge < -0.3 is 15.5 Å². The van der Waals surface area contributed by atoms with E-state index >= 15 is 0 Å². The molecule has 6 nitrogen and oxygen atoms in total. The summed E-state index contributed by atoms with van der Waals surface area (Å²) in [5.74, 6) is 1.29.